The van der Waals surface area contributed by atoms with Gasteiger partial charge in [-0.2, -0.15) is 0 Å². The molecule has 0 amide bonds. The van der Waals surface area contributed by atoms with Crippen molar-refractivity contribution >= 4 is 10.0 Å². The van der Waals surface area contributed by atoms with Gasteiger partial charge in [-0.15, -0.1) is 0 Å². The topological polar surface area (TPSA) is 49.4 Å². The van der Waals surface area contributed by atoms with Gasteiger partial charge in [-0.3, -0.25) is 0 Å². The second kappa shape index (κ2) is 7.76. The molecule has 0 aromatic rings. The molecule has 118 valence electrons. The van der Waals surface area contributed by atoms with E-state index >= 15 is 0 Å². The lowest BCUT2D eigenvalue weighted by atomic mass is 9.96. The average molecular weight is 302 g/mol. The van der Waals surface area contributed by atoms with Crippen LogP contribution in [0.3, 0.4) is 0 Å². The molecule has 1 heterocycles. The van der Waals surface area contributed by atoms with Crippen molar-refractivity contribution in [3.8, 4) is 0 Å². The SMILES string of the molecule is CS(=O)(=O)N[C@@H]1CCCN(CCC2CCCCCC2)C1. The van der Waals surface area contributed by atoms with E-state index in [-0.39, 0.29) is 6.04 Å². The number of hydrogen-bond donors (Lipinski definition) is 1. The Balaban J connectivity index is 1.72. The third-order valence-electron chi connectivity index (χ3n) is 4.71. The summed E-state index contributed by atoms with van der Waals surface area (Å²) in [5.74, 6) is 0.903. The van der Waals surface area contributed by atoms with Gasteiger partial charge in [0, 0.05) is 12.6 Å². The molecule has 0 radical (unpaired) electrons. The molecule has 2 rings (SSSR count). The lowest BCUT2D eigenvalue weighted by molar-refractivity contribution is 0.186. The van der Waals surface area contributed by atoms with Gasteiger partial charge in [-0.1, -0.05) is 38.5 Å². The van der Waals surface area contributed by atoms with Gasteiger partial charge in [0.1, 0.15) is 0 Å². The molecule has 2 aliphatic rings. The second-order valence-corrected chi connectivity index (χ2v) is 8.46. The maximum Gasteiger partial charge on any atom is 0.208 e. The zero-order valence-electron chi connectivity index (χ0n) is 12.8. The summed E-state index contributed by atoms with van der Waals surface area (Å²) in [6.45, 7) is 3.17. The molecule has 1 aliphatic heterocycles. The Morgan fingerprint density at radius 3 is 2.40 bits per heavy atom. The summed E-state index contributed by atoms with van der Waals surface area (Å²) in [5, 5.41) is 0. The smallest absolute Gasteiger partial charge is 0.208 e. The first-order chi connectivity index (χ1) is 9.53. The summed E-state index contributed by atoms with van der Waals surface area (Å²) in [7, 11) is -3.06. The largest absolute Gasteiger partial charge is 0.302 e. The van der Waals surface area contributed by atoms with Gasteiger partial charge >= 0.3 is 0 Å². The van der Waals surface area contributed by atoms with Crippen LogP contribution in [0.15, 0.2) is 0 Å². The minimum atomic E-state index is -3.06. The monoisotopic (exact) mass is 302 g/mol. The Hall–Kier alpha value is -0.130. The number of piperidine rings is 1. The molecule has 2 fully saturated rings. The van der Waals surface area contributed by atoms with Gasteiger partial charge in [0.15, 0.2) is 0 Å². The van der Waals surface area contributed by atoms with Crippen LogP contribution in [0.4, 0.5) is 0 Å². The Kier molecular flexibility index (Phi) is 6.30. The van der Waals surface area contributed by atoms with Crippen LogP contribution in [0, 0.1) is 5.92 Å². The van der Waals surface area contributed by atoms with Gasteiger partial charge in [-0.05, 0) is 38.3 Å². The molecule has 0 bridgehead atoms. The van der Waals surface area contributed by atoms with Crippen LogP contribution in [-0.4, -0.2) is 45.2 Å². The van der Waals surface area contributed by atoms with Crippen LogP contribution in [0.5, 0.6) is 0 Å². The van der Waals surface area contributed by atoms with Gasteiger partial charge in [-0.25, -0.2) is 13.1 Å². The zero-order chi connectivity index (χ0) is 14.4. The van der Waals surface area contributed by atoms with Gasteiger partial charge < -0.3 is 4.90 Å². The Morgan fingerprint density at radius 2 is 1.75 bits per heavy atom. The summed E-state index contributed by atoms with van der Waals surface area (Å²) in [6, 6.07) is 0.118. The molecule has 4 nitrogen and oxygen atoms in total. The average Bonchev–Trinajstić information content (AvgIpc) is 2.63. The first-order valence-electron chi connectivity index (χ1n) is 8.22. The molecule has 1 aliphatic carbocycles. The third-order valence-corrected chi connectivity index (χ3v) is 5.48. The summed E-state index contributed by atoms with van der Waals surface area (Å²) >= 11 is 0. The fraction of sp³-hybridized carbons (Fsp3) is 1.00. The van der Waals surface area contributed by atoms with Crippen LogP contribution in [-0.2, 0) is 10.0 Å². The molecule has 0 aromatic carbocycles. The first-order valence-corrected chi connectivity index (χ1v) is 10.1. The molecule has 0 unspecified atom stereocenters. The van der Waals surface area contributed by atoms with Crippen molar-refractivity contribution in [2.45, 2.75) is 63.8 Å². The van der Waals surface area contributed by atoms with E-state index in [9.17, 15) is 8.42 Å². The fourth-order valence-electron chi connectivity index (χ4n) is 3.68. The fourth-order valence-corrected chi connectivity index (χ4v) is 4.47. The number of nitrogens with one attached hydrogen (secondary N) is 1. The van der Waals surface area contributed by atoms with E-state index in [1.165, 1.54) is 51.2 Å². The van der Waals surface area contributed by atoms with E-state index in [4.69, 9.17) is 0 Å². The number of likely N-dealkylation sites (tertiary alicyclic amines) is 1. The van der Waals surface area contributed by atoms with Crippen molar-refractivity contribution in [3.63, 3.8) is 0 Å². The second-order valence-electron chi connectivity index (χ2n) is 6.68. The van der Waals surface area contributed by atoms with Crippen LogP contribution >= 0.6 is 0 Å². The summed E-state index contributed by atoms with van der Waals surface area (Å²) in [6.07, 6.45) is 13.1. The van der Waals surface area contributed by atoms with Crippen molar-refractivity contribution in [2.75, 3.05) is 25.9 Å². The normalized spacial score (nSPS) is 27.4. The maximum atomic E-state index is 11.3. The zero-order valence-corrected chi connectivity index (χ0v) is 13.6. The van der Waals surface area contributed by atoms with E-state index in [0.29, 0.717) is 0 Å². The minimum absolute atomic E-state index is 0.118. The molecule has 1 saturated carbocycles. The van der Waals surface area contributed by atoms with Crippen molar-refractivity contribution in [2.24, 2.45) is 5.92 Å². The summed E-state index contributed by atoms with van der Waals surface area (Å²) < 4.78 is 25.4. The minimum Gasteiger partial charge on any atom is -0.302 e. The lowest BCUT2D eigenvalue weighted by Gasteiger charge is -2.33. The van der Waals surface area contributed by atoms with Crippen LogP contribution in [0.1, 0.15) is 57.8 Å². The number of hydrogen-bond acceptors (Lipinski definition) is 3. The van der Waals surface area contributed by atoms with Crippen molar-refractivity contribution in [3.05, 3.63) is 0 Å². The Morgan fingerprint density at radius 1 is 1.05 bits per heavy atom. The van der Waals surface area contributed by atoms with Gasteiger partial charge in [0.25, 0.3) is 0 Å². The predicted molar refractivity (Wildman–Crippen MR) is 83.3 cm³/mol. The molecule has 1 N–H and O–H groups in total. The van der Waals surface area contributed by atoms with Crippen molar-refractivity contribution < 1.29 is 8.42 Å². The van der Waals surface area contributed by atoms with Crippen molar-refractivity contribution in [1.82, 2.24) is 9.62 Å². The van der Waals surface area contributed by atoms with Crippen LogP contribution in [0.25, 0.3) is 0 Å². The van der Waals surface area contributed by atoms with E-state index in [1.807, 2.05) is 0 Å². The van der Waals surface area contributed by atoms with E-state index in [2.05, 4.69) is 9.62 Å². The number of rotatable bonds is 5. The molecular weight excluding hydrogens is 272 g/mol. The lowest BCUT2D eigenvalue weighted by Crippen LogP contribution is -2.47. The highest BCUT2D eigenvalue weighted by Gasteiger charge is 2.23. The Bertz CT molecular complexity index is 375. The summed E-state index contributed by atoms with van der Waals surface area (Å²) in [4.78, 5) is 2.46. The highest BCUT2D eigenvalue weighted by atomic mass is 32.2. The molecule has 0 spiro atoms. The molecule has 0 aromatic heterocycles. The van der Waals surface area contributed by atoms with Gasteiger partial charge in [0.05, 0.1) is 6.26 Å². The molecule has 1 atom stereocenters. The maximum absolute atomic E-state index is 11.3. The molecule has 5 heteroatoms. The van der Waals surface area contributed by atoms with Crippen LogP contribution in [0.2, 0.25) is 0 Å². The molecule has 1 saturated heterocycles. The third kappa shape index (κ3) is 6.10. The first kappa shape index (κ1) is 16.2. The van der Waals surface area contributed by atoms with Crippen molar-refractivity contribution in [1.29, 1.82) is 0 Å². The molecule has 20 heavy (non-hydrogen) atoms. The number of nitrogens with zero attached hydrogens (tertiary/aromatic N) is 1. The van der Waals surface area contributed by atoms with Crippen LogP contribution < -0.4 is 4.72 Å². The van der Waals surface area contributed by atoms with Gasteiger partial charge in [0.2, 0.25) is 10.0 Å². The van der Waals surface area contributed by atoms with E-state index < -0.39 is 10.0 Å². The predicted octanol–water partition coefficient (Wildman–Crippen LogP) is 2.36. The standard InChI is InChI=1S/C15H30N2O2S/c1-20(18,19)16-15-9-6-11-17(13-15)12-10-14-7-4-2-3-5-8-14/h14-16H,2-13H2,1H3/t15-/m1/s1. The number of sulfonamides is 1. The summed E-state index contributed by atoms with van der Waals surface area (Å²) in [5.41, 5.74) is 0. The molecular formula is C15H30N2O2S. The highest BCUT2D eigenvalue weighted by Crippen LogP contribution is 2.26. The Labute approximate surface area is 124 Å². The van der Waals surface area contributed by atoms with E-state index in [0.717, 1.165) is 38.4 Å². The van der Waals surface area contributed by atoms with E-state index in [1.54, 1.807) is 0 Å². The highest BCUT2D eigenvalue weighted by molar-refractivity contribution is 7.88. The quantitative estimate of drug-likeness (QED) is 0.793.